The minimum Gasteiger partial charge on any atom is -0.339 e. The van der Waals surface area contributed by atoms with Crippen molar-refractivity contribution in [1.82, 2.24) is 10.1 Å². The summed E-state index contributed by atoms with van der Waals surface area (Å²) in [6.07, 6.45) is -0.987. The van der Waals surface area contributed by atoms with E-state index in [-0.39, 0.29) is 35.5 Å². The number of aryl methyl sites for hydroxylation is 2. The summed E-state index contributed by atoms with van der Waals surface area (Å²) >= 11 is 0. The maximum absolute atomic E-state index is 13.0. The zero-order chi connectivity index (χ0) is 20.9. The Bertz CT molecular complexity index is 1120. The van der Waals surface area contributed by atoms with Gasteiger partial charge in [-0.15, -0.1) is 0 Å². The van der Waals surface area contributed by atoms with Crippen LogP contribution in [0.4, 0.5) is 18.9 Å². The van der Waals surface area contributed by atoms with Crippen molar-refractivity contribution in [3.05, 3.63) is 65.0 Å². The first-order chi connectivity index (χ1) is 14.4. The molecular weight excluding hydrogens is 395 g/mol. The van der Waals surface area contributed by atoms with Crippen LogP contribution in [0.3, 0.4) is 0 Å². The van der Waals surface area contributed by atoms with Gasteiger partial charge in [-0.1, -0.05) is 23.4 Å². The van der Waals surface area contributed by atoms with Crippen LogP contribution in [-0.4, -0.2) is 22.6 Å². The van der Waals surface area contributed by atoms with E-state index in [9.17, 15) is 18.0 Å². The third kappa shape index (κ3) is 3.36. The first kappa shape index (κ1) is 18.8. The second-order valence-corrected chi connectivity index (χ2v) is 7.75. The molecule has 1 aromatic heterocycles. The number of nitrogens with zero attached hydrogens (tertiary/aromatic N) is 3. The van der Waals surface area contributed by atoms with Crippen LogP contribution in [0.5, 0.6) is 0 Å². The fraction of sp³-hybridized carbons (Fsp3) is 0.318. The first-order valence-corrected chi connectivity index (χ1v) is 9.82. The van der Waals surface area contributed by atoms with Gasteiger partial charge in [0.1, 0.15) is 0 Å². The lowest BCUT2D eigenvalue weighted by atomic mass is 10.1. The van der Waals surface area contributed by atoms with E-state index in [0.29, 0.717) is 6.54 Å². The predicted octanol–water partition coefficient (Wildman–Crippen LogP) is 4.76. The molecule has 0 saturated carbocycles. The van der Waals surface area contributed by atoms with Gasteiger partial charge >= 0.3 is 6.18 Å². The van der Waals surface area contributed by atoms with Gasteiger partial charge in [0.15, 0.2) is 0 Å². The van der Waals surface area contributed by atoms with Crippen molar-refractivity contribution in [1.29, 1.82) is 0 Å². The van der Waals surface area contributed by atoms with Gasteiger partial charge in [0.25, 0.3) is 0 Å². The third-order valence-corrected chi connectivity index (χ3v) is 5.76. The molecule has 3 aromatic rings. The van der Waals surface area contributed by atoms with Crippen LogP contribution in [-0.2, 0) is 23.8 Å². The molecule has 2 aromatic carbocycles. The summed E-state index contributed by atoms with van der Waals surface area (Å²) < 4.78 is 44.2. The molecule has 8 heteroatoms. The molecule has 1 aliphatic heterocycles. The predicted molar refractivity (Wildman–Crippen MR) is 103 cm³/mol. The Hall–Kier alpha value is -3.16. The highest BCUT2D eigenvalue weighted by Gasteiger charge is 2.36. The topological polar surface area (TPSA) is 59.2 Å². The van der Waals surface area contributed by atoms with Gasteiger partial charge in [-0.25, -0.2) is 0 Å². The maximum Gasteiger partial charge on any atom is 0.416 e. The van der Waals surface area contributed by atoms with E-state index in [2.05, 4.69) is 22.3 Å². The van der Waals surface area contributed by atoms with Gasteiger partial charge < -0.3 is 9.42 Å². The number of aromatic nitrogens is 2. The molecule has 1 unspecified atom stereocenters. The van der Waals surface area contributed by atoms with Crippen molar-refractivity contribution in [2.45, 2.75) is 37.8 Å². The number of hydrogen-bond acceptors (Lipinski definition) is 4. The number of halogens is 3. The molecule has 0 bridgehead atoms. The summed E-state index contributed by atoms with van der Waals surface area (Å²) in [5, 5.41) is 3.84. The number of hydrogen-bond donors (Lipinski definition) is 0. The molecule has 1 saturated heterocycles. The fourth-order valence-corrected chi connectivity index (χ4v) is 4.20. The molecule has 154 valence electrons. The molecule has 0 spiro atoms. The summed E-state index contributed by atoms with van der Waals surface area (Å²) in [4.78, 5) is 18.6. The van der Waals surface area contributed by atoms with E-state index in [1.54, 1.807) is 4.90 Å². The van der Waals surface area contributed by atoms with E-state index in [4.69, 9.17) is 4.52 Å². The molecule has 0 radical (unpaired) electrons. The number of anilines is 1. The Morgan fingerprint density at radius 1 is 1.07 bits per heavy atom. The number of amides is 1. The molecule has 1 amide bonds. The highest BCUT2D eigenvalue weighted by atomic mass is 19.4. The summed E-state index contributed by atoms with van der Waals surface area (Å²) in [6, 6.07) is 10.9. The van der Waals surface area contributed by atoms with Crippen molar-refractivity contribution >= 4 is 11.6 Å². The van der Waals surface area contributed by atoms with Crippen LogP contribution < -0.4 is 4.90 Å². The van der Waals surface area contributed by atoms with E-state index in [1.165, 1.54) is 23.3 Å². The van der Waals surface area contributed by atoms with Crippen LogP contribution in [0.25, 0.3) is 11.4 Å². The molecule has 0 N–H and O–H groups in total. The number of rotatable bonds is 3. The van der Waals surface area contributed by atoms with Gasteiger partial charge in [0.05, 0.1) is 11.5 Å². The van der Waals surface area contributed by atoms with Crippen LogP contribution in [0.2, 0.25) is 0 Å². The zero-order valence-corrected chi connectivity index (χ0v) is 15.9. The van der Waals surface area contributed by atoms with Gasteiger partial charge in [-0.3, -0.25) is 4.79 Å². The largest absolute Gasteiger partial charge is 0.416 e. The normalized spacial score (nSPS) is 18.8. The molecule has 2 heterocycles. The Kier molecular flexibility index (Phi) is 4.38. The van der Waals surface area contributed by atoms with Crippen molar-refractivity contribution < 1.29 is 22.5 Å². The van der Waals surface area contributed by atoms with E-state index in [1.807, 2.05) is 6.07 Å². The summed E-state index contributed by atoms with van der Waals surface area (Å²) in [5.41, 5.74) is 2.93. The fourth-order valence-electron chi connectivity index (χ4n) is 4.20. The Labute approximate surface area is 170 Å². The van der Waals surface area contributed by atoms with Gasteiger partial charge in [0.2, 0.25) is 17.6 Å². The average molecular weight is 413 g/mol. The monoisotopic (exact) mass is 413 g/mol. The number of carbonyl (C=O) groups excluding carboxylic acids is 1. The van der Waals surface area contributed by atoms with Crippen molar-refractivity contribution in [2.24, 2.45) is 0 Å². The standard InChI is InChI=1S/C22H18F3N3O2/c23-22(24,25)17-6-2-5-15(9-17)20-26-21(30-27-20)16-11-19(29)28(12-16)18-8-7-13-3-1-4-14(13)10-18/h2,5-10,16H,1,3-4,11-12H2. The summed E-state index contributed by atoms with van der Waals surface area (Å²) in [5.74, 6) is 0.0218. The average Bonchev–Trinajstić information content (AvgIpc) is 3.46. The Morgan fingerprint density at radius 2 is 1.90 bits per heavy atom. The smallest absolute Gasteiger partial charge is 0.339 e. The van der Waals surface area contributed by atoms with Gasteiger partial charge in [-0.2, -0.15) is 18.2 Å². The van der Waals surface area contributed by atoms with E-state index < -0.39 is 11.7 Å². The number of fused-ring (bicyclic) bond motifs is 1. The lowest BCUT2D eigenvalue weighted by Crippen LogP contribution is -2.24. The van der Waals surface area contributed by atoms with E-state index >= 15 is 0 Å². The minimum absolute atomic E-state index is 0.0308. The lowest BCUT2D eigenvalue weighted by molar-refractivity contribution is -0.137. The highest BCUT2D eigenvalue weighted by molar-refractivity contribution is 5.96. The summed E-state index contributed by atoms with van der Waals surface area (Å²) in [7, 11) is 0. The highest BCUT2D eigenvalue weighted by Crippen LogP contribution is 2.35. The second-order valence-electron chi connectivity index (χ2n) is 7.75. The van der Waals surface area contributed by atoms with Crippen LogP contribution in [0, 0.1) is 0 Å². The van der Waals surface area contributed by atoms with Crippen molar-refractivity contribution in [2.75, 3.05) is 11.4 Å². The number of benzene rings is 2. The number of alkyl halides is 3. The third-order valence-electron chi connectivity index (χ3n) is 5.76. The van der Waals surface area contributed by atoms with Crippen LogP contribution >= 0.6 is 0 Å². The van der Waals surface area contributed by atoms with Gasteiger partial charge in [0, 0.05) is 24.2 Å². The molecule has 1 fully saturated rings. The van der Waals surface area contributed by atoms with Crippen molar-refractivity contribution in [3.63, 3.8) is 0 Å². The molecular formula is C22H18F3N3O2. The van der Waals surface area contributed by atoms with Crippen LogP contribution in [0.1, 0.15) is 41.3 Å². The summed E-state index contributed by atoms with van der Waals surface area (Å²) in [6.45, 7) is 0.405. The SMILES string of the molecule is O=C1CC(c2nc(-c3cccc(C(F)(F)F)c3)no2)CN1c1ccc2c(c1)CCC2. The Balaban J connectivity index is 1.37. The molecule has 5 nitrogen and oxygen atoms in total. The second kappa shape index (κ2) is 6.97. The quantitative estimate of drug-likeness (QED) is 0.621. The molecule has 5 rings (SSSR count). The molecule has 2 aliphatic rings. The first-order valence-electron chi connectivity index (χ1n) is 9.82. The maximum atomic E-state index is 13.0. The number of carbonyl (C=O) groups is 1. The Morgan fingerprint density at radius 3 is 2.73 bits per heavy atom. The van der Waals surface area contributed by atoms with E-state index in [0.717, 1.165) is 37.1 Å². The van der Waals surface area contributed by atoms with Crippen LogP contribution in [0.15, 0.2) is 47.0 Å². The van der Waals surface area contributed by atoms with Crippen molar-refractivity contribution in [3.8, 4) is 11.4 Å². The minimum atomic E-state index is -4.45. The lowest BCUT2D eigenvalue weighted by Gasteiger charge is -2.17. The molecule has 1 aliphatic carbocycles. The van der Waals surface area contributed by atoms with Gasteiger partial charge in [-0.05, 0) is 54.7 Å². The zero-order valence-electron chi connectivity index (χ0n) is 15.9. The molecule has 30 heavy (non-hydrogen) atoms. The molecule has 1 atom stereocenters.